The summed E-state index contributed by atoms with van der Waals surface area (Å²) in [5.41, 5.74) is 0.827. The maximum absolute atomic E-state index is 13.5. The van der Waals surface area contributed by atoms with Gasteiger partial charge in [0.15, 0.2) is 11.0 Å². The lowest BCUT2D eigenvalue weighted by Gasteiger charge is -2.29. The molecule has 8 heteroatoms. The largest absolute Gasteiger partial charge is 0.342 e. The number of likely N-dealkylation sites (tertiary alicyclic amines) is 2. The summed E-state index contributed by atoms with van der Waals surface area (Å²) in [6.45, 7) is 6.45. The number of halogens is 1. The lowest BCUT2D eigenvalue weighted by atomic mass is 10.1. The maximum Gasteiger partial charge on any atom is 0.235 e. The van der Waals surface area contributed by atoms with Crippen molar-refractivity contribution >= 4 is 17.7 Å². The van der Waals surface area contributed by atoms with Crippen molar-refractivity contribution in [2.45, 2.75) is 62.4 Å². The van der Waals surface area contributed by atoms with Crippen LogP contribution >= 0.6 is 11.8 Å². The van der Waals surface area contributed by atoms with E-state index in [0.717, 1.165) is 50.5 Å². The summed E-state index contributed by atoms with van der Waals surface area (Å²) in [4.78, 5) is 17.3. The summed E-state index contributed by atoms with van der Waals surface area (Å²) < 4.78 is 15.5. The van der Waals surface area contributed by atoms with Crippen molar-refractivity contribution in [1.29, 1.82) is 0 Å². The number of rotatable bonds is 6. The molecular formula is C22H30FN5OS. The highest BCUT2D eigenvalue weighted by molar-refractivity contribution is 8.00. The Labute approximate surface area is 181 Å². The molecule has 1 atom stereocenters. The first-order valence-electron chi connectivity index (χ1n) is 11.0. The number of thioether (sulfide) groups is 1. The van der Waals surface area contributed by atoms with Crippen LogP contribution in [0.15, 0.2) is 29.4 Å². The molecule has 162 valence electrons. The quantitative estimate of drug-likeness (QED) is 0.650. The van der Waals surface area contributed by atoms with Crippen LogP contribution in [0.1, 0.15) is 51.3 Å². The van der Waals surface area contributed by atoms with Crippen LogP contribution in [0.3, 0.4) is 0 Å². The lowest BCUT2D eigenvalue weighted by Crippen LogP contribution is -2.40. The molecule has 1 aromatic heterocycles. The van der Waals surface area contributed by atoms with E-state index < -0.39 is 0 Å². The van der Waals surface area contributed by atoms with E-state index in [1.807, 2.05) is 16.4 Å². The average Bonchev–Trinajstić information content (AvgIpc) is 3.17. The highest BCUT2D eigenvalue weighted by atomic mass is 32.2. The molecule has 1 amide bonds. The number of piperidine rings is 2. The van der Waals surface area contributed by atoms with Gasteiger partial charge in [-0.1, -0.05) is 18.2 Å². The van der Waals surface area contributed by atoms with Gasteiger partial charge in [-0.05, 0) is 76.4 Å². The molecular weight excluding hydrogens is 401 g/mol. The number of hydrogen-bond donors (Lipinski definition) is 0. The normalized spacial score (nSPS) is 19.1. The maximum atomic E-state index is 13.5. The molecule has 1 aromatic carbocycles. The van der Waals surface area contributed by atoms with Gasteiger partial charge in [0.1, 0.15) is 5.82 Å². The third-order valence-electron chi connectivity index (χ3n) is 5.90. The van der Waals surface area contributed by atoms with Gasteiger partial charge >= 0.3 is 0 Å². The van der Waals surface area contributed by atoms with E-state index in [1.54, 1.807) is 12.1 Å². The zero-order valence-electron chi connectivity index (χ0n) is 17.6. The summed E-state index contributed by atoms with van der Waals surface area (Å²) in [5.74, 6) is 0.724. The van der Waals surface area contributed by atoms with Crippen LogP contribution in [-0.2, 0) is 11.3 Å². The Kier molecular flexibility index (Phi) is 7.04. The summed E-state index contributed by atoms with van der Waals surface area (Å²) in [7, 11) is 0. The molecule has 0 radical (unpaired) electrons. The molecule has 3 heterocycles. The fourth-order valence-corrected chi connectivity index (χ4v) is 5.20. The number of aromatic nitrogens is 3. The zero-order valence-corrected chi connectivity index (χ0v) is 18.4. The van der Waals surface area contributed by atoms with Gasteiger partial charge in [-0.3, -0.25) is 14.3 Å². The van der Waals surface area contributed by atoms with Gasteiger partial charge in [-0.15, -0.1) is 10.2 Å². The van der Waals surface area contributed by atoms with Crippen molar-refractivity contribution in [3.63, 3.8) is 0 Å². The molecule has 2 aliphatic rings. The van der Waals surface area contributed by atoms with Gasteiger partial charge < -0.3 is 4.90 Å². The summed E-state index contributed by atoms with van der Waals surface area (Å²) >= 11 is 1.44. The van der Waals surface area contributed by atoms with Crippen molar-refractivity contribution in [3.8, 4) is 5.69 Å². The SMILES string of the molecule is CC(Sc1nnc(CN2CCCCC2)n1-c1ccc(F)cc1)C(=O)N1CCCCC1. The number of benzene rings is 1. The monoisotopic (exact) mass is 431 g/mol. The van der Waals surface area contributed by atoms with Crippen LogP contribution in [0.2, 0.25) is 0 Å². The van der Waals surface area contributed by atoms with Crippen molar-refractivity contribution in [2.24, 2.45) is 0 Å². The number of nitrogens with zero attached hydrogens (tertiary/aromatic N) is 5. The zero-order chi connectivity index (χ0) is 20.9. The molecule has 0 saturated carbocycles. The highest BCUT2D eigenvalue weighted by Gasteiger charge is 2.26. The van der Waals surface area contributed by atoms with Crippen LogP contribution < -0.4 is 0 Å². The second-order valence-electron chi connectivity index (χ2n) is 8.19. The topological polar surface area (TPSA) is 54.3 Å². The van der Waals surface area contributed by atoms with E-state index in [1.165, 1.54) is 49.6 Å². The van der Waals surface area contributed by atoms with E-state index in [9.17, 15) is 9.18 Å². The number of carbonyl (C=O) groups is 1. The van der Waals surface area contributed by atoms with Crippen molar-refractivity contribution in [1.82, 2.24) is 24.6 Å². The Bertz CT molecular complexity index is 844. The van der Waals surface area contributed by atoms with E-state index in [4.69, 9.17) is 0 Å². The van der Waals surface area contributed by atoms with Gasteiger partial charge in [0.2, 0.25) is 5.91 Å². The summed E-state index contributed by atoms with van der Waals surface area (Å²) in [6, 6.07) is 6.41. The molecule has 2 aliphatic heterocycles. The van der Waals surface area contributed by atoms with Crippen LogP contribution in [0.25, 0.3) is 5.69 Å². The van der Waals surface area contributed by atoms with Gasteiger partial charge in [-0.25, -0.2) is 4.39 Å². The Morgan fingerprint density at radius 3 is 2.30 bits per heavy atom. The summed E-state index contributed by atoms with van der Waals surface area (Å²) in [5, 5.41) is 9.34. The second kappa shape index (κ2) is 9.92. The van der Waals surface area contributed by atoms with Gasteiger partial charge in [-0.2, -0.15) is 0 Å². The predicted molar refractivity (Wildman–Crippen MR) is 116 cm³/mol. The molecule has 0 N–H and O–H groups in total. The molecule has 6 nitrogen and oxygen atoms in total. The molecule has 0 aliphatic carbocycles. The smallest absolute Gasteiger partial charge is 0.235 e. The van der Waals surface area contributed by atoms with E-state index in [0.29, 0.717) is 11.7 Å². The highest BCUT2D eigenvalue weighted by Crippen LogP contribution is 2.28. The molecule has 0 bridgehead atoms. The predicted octanol–water partition coefficient (Wildman–Crippen LogP) is 3.89. The first-order valence-corrected chi connectivity index (χ1v) is 11.9. The fourth-order valence-electron chi connectivity index (χ4n) is 4.23. The first kappa shape index (κ1) is 21.3. The summed E-state index contributed by atoms with van der Waals surface area (Å²) in [6.07, 6.45) is 7.04. The van der Waals surface area contributed by atoms with Crippen LogP contribution in [0, 0.1) is 5.82 Å². The molecule has 30 heavy (non-hydrogen) atoms. The Hall–Kier alpha value is -1.93. The molecule has 1 unspecified atom stereocenters. The van der Waals surface area contributed by atoms with Crippen LogP contribution in [-0.4, -0.2) is 61.9 Å². The van der Waals surface area contributed by atoms with Crippen molar-refractivity contribution < 1.29 is 9.18 Å². The molecule has 2 aromatic rings. The number of hydrogen-bond acceptors (Lipinski definition) is 5. The molecule has 2 fully saturated rings. The Morgan fingerprint density at radius 2 is 1.63 bits per heavy atom. The van der Waals surface area contributed by atoms with E-state index >= 15 is 0 Å². The molecule has 0 spiro atoms. The third kappa shape index (κ3) is 5.03. The van der Waals surface area contributed by atoms with Gasteiger partial charge in [0.05, 0.1) is 11.8 Å². The van der Waals surface area contributed by atoms with Crippen LogP contribution in [0.5, 0.6) is 0 Å². The fraction of sp³-hybridized carbons (Fsp3) is 0.591. The molecule has 4 rings (SSSR count). The second-order valence-corrected chi connectivity index (χ2v) is 9.50. The van der Waals surface area contributed by atoms with Gasteiger partial charge in [0, 0.05) is 18.8 Å². The minimum Gasteiger partial charge on any atom is -0.342 e. The minimum atomic E-state index is -0.271. The van der Waals surface area contributed by atoms with E-state index in [2.05, 4.69) is 15.1 Å². The lowest BCUT2D eigenvalue weighted by molar-refractivity contribution is -0.131. The molecule has 2 saturated heterocycles. The first-order chi connectivity index (χ1) is 14.6. The van der Waals surface area contributed by atoms with Crippen molar-refractivity contribution in [3.05, 3.63) is 35.9 Å². The average molecular weight is 432 g/mol. The minimum absolute atomic E-state index is 0.158. The number of carbonyl (C=O) groups excluding carboxylic acids is 1. The van der Waals surface area contributed by atoms with E-state index in [-0.39, 0.29) is 17.0 Å². The Balaban J connectivity index is 1.56. The van der Waals surface area contributed by atoms with Crippen molar-refractivity contribution in [2.75, 3.05) is 26.2 Å². The third-order valence-corrected chi connectivity index (χ3v) is 6.93. The van der Waals surface area contributed by atoms with Gasteiger partial charge in [0.25, 0.3) is 0 Å². The van der Waals surface area contributed by atoms with Crippen LogP contribution in [0.4, 0.5) is 4.39 Å². The Morgan fingerprint density at radius 1 is 1.00 bits per heavy atom. The number of amides is 1. The standard InChI is InChI=1S/C22H30FN5OS/c1-17(21(29)27-14-6-3-7-15-27)30-22-25-24-20(16-26-12-4-2-5-13-26)28(22)19-10-8-18(23)9-11-19/h8-11,17H,2-7,12-16H2,1H3.